The minimum Gasteiger partial charge on any atom is -0.373 e. The van der Waals surface area contributed by atoms with E-state index in [-0.39, 0.29) is 0 Å². The number of hydrogen-bond acceptors (Lipinski definition) is 4. The lowest BCUT2D eigenvalue weighted by atomic mass is 9.89. The standard InChI is InChI=1S/C16H26N4/c1-11-13(17-3)19-15(12-6-7-12)20-14(11)18-10-16(2)8-4-5-9-16/h12H,4-10H2,1-3H3,(H2,17,18,19,20). The Bertz CT molecular complexity index is 487. The van der Waals surface area contributed by atoms with Gasteiger partial charge < -0.3 is 10.6 Å². The smallest absolute Gasteiger partial charge is 0.136 e. The van der Waals surface area contributed by atoms with Crippen LogP contribution in [-0.4, -0.2) is 23.6 Å². The van der Waals surface area contributed by atoms with E-state index in [4.69, 9.17) is 4.98 Å². The van der Waals surface area contributed by atoms with Crippen molar-refractivity contribution in [3.8, 4) is 0 Å². The highest BCUT2D eigenvalue weighted by atomic mass is 15.1. The minimum atomic E-state index is 0.441. The second-order valence-corrected chi connectivity index (χ2v) is 6.80. The van der Waals surface area contributed by atoms with Crippen LogP contribution in [0.1, 0.15) is 62.8 Å². The Kier molecular flexibility index (Phi) is 3.57. The van der Waals surface area contributed by atoms with Gasteiger partial charge in [0, 0.05) is 25.1 Å². The topological polar surface area (TPSA) is 49.8 Å². The fourth-order valence-corrected chi connectivity index (χ4v) is 3.18. The monoisotopic (exact) mass is 274 g/mol. The Labute approximate surface area is 121 Å². The Hall–Kier alpha value is -1.32. The molecule has 1 aromatic heterocycles. The summed E-state index contributed by atoms with van der Waals surface area (Å²) in [6, 6.07) is 0. The summed E-state index contributed by atoms with van der Waals surface area (Å²) in [5, 5.41) is 6.81. The van der Waals surface area contributed by atoms with Gasteiger partial charge in [0.25, 0.3) is 0 Å². The summed E-state index contributed by atoms with van der Waals surface area (Å²) >= 11 is 0. The van der Waals surface area contributed by atoms with Gasteiger partial charge in [0.2, 0.25) is 0 Å². The van der Waals surface area contributed by atoms with Crippen LogP contribution in [0.25, 0.3) is 0 Å². The summed E-state index contributed by atoms with van der Waals surface area (Å²) in [5.41, 5.74) is 1.58. The lowest BCUT2D eigenvalue weighted by molar-refractivity contribution is 0.361. The summed E-state index contributed by atoms with van der Waals surface area (Å²) in [6.07, 6.45) is 7.88. The molecule has 0 amide bonds. The van der Waals surface area contributed by atoms with E-state index in [9.17, 15) is 0 Å². The molecule has 4 nitrogen and oxygen atoms in total. The molecule has 2 aliphatic rings. The van der Waals surface area contributed by atoms with Gasteiger partial charge in [-0.05, 0) is 38.0 Å². The zero-order chi connectivity index (χ0) is 14.2. The van der Waals surface area contributed by atoms with Gasteiger partial charge in [0.1, 0.15) is 17.5 Å². The van der Waals surface area contributed by atoms with E-state index < -0.39 is 0 Å². The van der Waals surface area contributed by atoms with E-state index in [0.29, 0.717) is 11.3 Å². The molecule has 0 radical (unpaired) electrons. The first-order valence-electron chi connectivity index (χ1n) is 7.91. The second-order valence-electron chi connectivity index (χ2n) is 6.80. The van der Waals surface area contributed by atoms with Crippen LogP contribution in [0.2, 0.25) is 0 Å². The molecule has 110 valence electrons. The highest BCUT2D eigenvalue weighted by Gasteiger charge is 2.30. The number of rotatable bonds is 5. The maximum atomic E-state index is 4.77. The molecule has 4 heteroatoms. The van der Waals surface area contributed by atoms with Crippen LogP contribution >= 0.6 is 0 Å². The van der Waals surface area contributed by atoms with Crippen LogP contribution in [-0.2, 0) is 0 Å². The van der Waals surface area contributed by atoms with E-state index in [1.807, 2.05) is 7.05 Å². The van der Waals surface area contributed by atoms with Crippen molar-refractivity contribution in [2.24, 2.45) is 5.41 Å². The predicted octanol–water partition coefficient (Wildman–Crippen LogP) is 3.70. The molecule has 2 saturated carbocycles. The van der Waals surface area contributed by atoms with E-state index in [1.54, 1.807) is 0 Å². The van der Waals surface area contributed by atoms with Gasteiger partial charge in [0.15, 0.2) is 0 Å². The molecule has 2 N–H and O–H groups in total. The first kappa shape index (κ1) is 13.7. The van der Waals surface area contributed by atoms with Crippen molar-refractivity contribution in [2.75, 3.05) is 24.2 Å². The molecule has 0 aliphatic heterocycles. The van der Waals surface area contributed by atoms with Crippen LogP contribution in [0.15, 0.2) is 0 Å². The molecule has 0 spiro atoms. The van der Waals surface area contributed by atoms with Gasteiger partial charge in [-0.3, -0.25) is 0 Å². The molecule has 0 unspecified atom stereocenters. The second kappa shape index (κ2) is 5.23. The van der Waals surface area contributed by atoms with Crippen LogP contribution in [0.5, 0.6) is 0 Å². The van der Waals surface area contributed by atoms with Crippen molar-refractivity contribution in [1.29, 1.82) is 0 Å². The SMILES string of the molecule is CNc1nc(C2CC2)nc(NCC2(C)CCCC2)c1C. The zero-order valence-electron chi connectivity index (χ0n) is 12.9. The Balaban J connectivity index is 1.78. The van der Waals surface area contributed by atoms with Gasteiger partial charge in [-0.15, -0.1) is 0 Å². The lowest BCUT2D eigenvalue weighted by Crippen LogP contribution is -2.24. The van der Waals surface area contributed by atoms with Crippen molar-refractivity contribution in [1.82, 2.24) is 9.97 Å². The van der Waals surface area contributed by atoms with Gasteiger partial charge in [0.05, 0.1) is 0 Å². The fourth-order valence-electron chi connectivity index (χ4n) is 3.18. The highest BCUT2D eigenvalue weighted by molar-refractivity contribution is 5.57. The Morgan fingerprint density at radius 2 is 1.80 bits per heavy atom. The average Bonchev–Trinajstić information content (AvgIpc) is 3.20. The number of anilines is 2. The molecule has 2 fully saturated rings. The molecule has 0 saturated heterocycles. The van der Waals surface area contributed by atoms with E-state index in [2.05, 4.69) is 29.5 Å². The Morgan fingerprint density at radius 1 is 1.15 bits per heavy atom. The first-order valence-corrected chi connectivity index (χ1v) is 7.91. The number of hydrogen-bond donors (Lipinski definition) is 2. The lowest BCUT2D eigenvalue weighted by Gasteiger charge is -2.25. The van der Waals surface area contributed by atoms with Crippen molar-refractivity contribution in [3.05, 3.63) is 11.4 Å². The van der Waals surface area contributed by atoms with Gasteiger partial charge >= 0.3 is 0 Å². The average molecular weight is 274 g/mol. The molecule has 2 aliphatic carbocycles. The van der Waals surface area contributed by atoms with Crippen LogP contribution in [0, 0.1) is 12.3 Å². The summed E-state index contributed by atoms with van der Waals surface area (Å²) in [7, 11) is 1.94. The third-order valence-corrected chi connectivity index (χ3v) is 4.84. The van der Waals surface area contributed by atoms with Crippen LogP contribution < -0.4 is 10.6 Å². The first-order chi connectivity index (χ1) is 9.61. The summed E-state index contributed by atoms with van der Waals surface area (Å²) in [6.45, 7) is 5.52. The van der Waals surface area contributed by atoms with Crippen molar-refractivity contribution < 1.29 is 0 Å². The third kappa shape index (κ3) is 2.74. The van der Waals surface area contributed by atoms with Gasteiger partial charge in [-0.25, -0.2) is 9.97 Å². The van der Waals surface area contributed by atoms with Gasteiger partial charge in [-0.2, -0.15) is 0 Å². The third-order valence-electron chi connectivity index (χ3n) is 4.84. The summed E-state index contributed by atoms with van der Waals surface area (Å²) < 4.78 is 0. The predicted molar refractivity (Wildman–Crippen MR) is 83.4 cm³/mol. The maximum absolute atomic E-state index is 4.77. The largest absolute Gasteiger partial charge is 0.373 e. The summed E-state index contributed by atoms with van der Waals surface area (Å²) in [5.74, 6) is 3.60. The highest BCUT2D eigenvalue weighted by Crippen LogP contribution is 2.40. The zero-order valence-corrected chi connectivity index (χ0v) is 12.9. The van der Waals surface area contributed by atoms with Crippen LogP contribution in [0.4, 0.5) is 11.6 Å². The molecule has 0 bridgehead atoms. The van der Waals surface area contributed by atoms with E-state index in [1.165, 1.54) is 38.5 Å². The molecule has 3 rings (SSSR count). The van der Waals surface area contributed by atoms with Crippen molar-refractivity contribution in [3.63, 3.8) is 0 Å². The van der Waals surface area contributed by atoms with E-state index in [0.717, 1.165) is 29.6 Å². The molecular formula is C16H26N4. The van der Waals surface area contributed by atoms with Gasteiger partial charge in [-0.1, -0.05) is 19.8 Å². The minimum absolute atomic E-state index is 0.441. The fraction of sp³-hybridized carbons (Fsp3) is 0.750. The number of aromatic nitrogens is 2. The van der Waals surface area contributed by atoms with Crippen LogP contribution in [0.3, 0.4) is 0 Å². The molecule has 1 aromatic rings. The molecular weight excluding hydrogens is 248 g/mol. The Morgan fingerprint density at radius 3 is 2.40 bits per heavy atom. The molecule has 1 heterocycles. The summed E-state index contributed by atoms with van der Waals surface area (Å²) in [4.78, 5) is 9.42. The molecule has 0 atom stereocenters. The quantitative estimate of drug-likeness (QED) is 0.859. The maximum Gasteiger partial charge on any atom is 0.136 e. The molecule has 20 heavy (non-hydrogen) atoms. The van der Waals surface area contributed by atoms with Crippen molar-refractivity contribution >= 4 is 11.6 Å². The number of nitrogens with zero attached hydrogens (tertiary/aromatic N) is 2. The van der Waals surface area contributed by atoms with E-state index >= 15 is 0 Å². The number of nitrogens with one attached hydrogen (secondary N) is 2. The normalized spacial score (nSPS) is 20.9. The van der Waals surface area contributed by atoms with Crippen molar-refractivity contribution in [2.45, 2.75) is 58.3 Å². The molecule has 0 aromatic carbocycles.